The highest BCUT2D eigenvalue weighted by Gasteiger charge is 2.17. The first-order valence-electron chi connectivity index (χ1n) is 5.46. The number of rotatable bonds is 2. The van der Waals surface area contributed by atoms with Gasteiger partial charge in [0.2, 0.25) is 0 Å². The van der Waals surface area contributed by atoms with Crippen LogP contribution in [-0.4, -0.2) is 13.0 Å². The second-order valence-electron chi connectivity index (χ2n) is 3.91. The van der Waals surface area contributed by atoms with Gasteiger partial charge in [-0.3, -0.25) is 4.79 Å². The van der Waals surface area contributed by atoms with Gasteiger partial charge in [-0.2, -0.15) is 5.26 Å². The molecule has 0 saturated heterocycles. The van der Waals surface area contributed by atoms with Gasteiger partial charge >= 0.3 is 0 Å². The molecule has 0 atom stereocenters. The maximum atomic E-state index is 12.2. The lowest BCUT2D eigenvalue weighted by Crippen LogP contribution is -2.26. The molecule has 0 fully saturated rings. The smallest absolute Gasteiger partial charge is 0.261 e. The van der Waals surface area contributed by atoms with Crippen molar-refractivity contribution in [2.24, 2.45) is 0 Å². The summed E-state index contributed by atoms with van der Waals surface area (Å²) in [5.41, 5.74) is 1.85. The minimum atomic E-state index is -0.133. The van der Waals surface area contributed by atoms with Gasteiger partial charge in [-0.25, -0.2) is 0 Å². The zero-order chi connectivity index (χ0) is 13.1. The lowest BCUT2D eigenvalue weighted by molar-refractivity contribution is 0.0991. The van der Waals surface area contributed by atoms with Crippen molar-refractivity contribution in [3.63, 3.8) is 0 Å². The summed E-state index contributed by atoms with van der Waals surface area (Å²) in [5.74, 6) is 0.464. The van der Waals surface area contributed by atoms with Gasteiger partial charge in [0.05, 0.1) is 23.5 Å². The van der Waals surface area contributed by atoms with Crippen LogP contribution in [0.2, 0.25) is 0 Å². The van der Waals surface area contributed by atoms with E-state index in [-0.39, 0.29) is 5.91 Å². The van der Waals surface area contributed by atoms with Crippen molar-refractivity contribution >= 4 is 11.6 Å². The van der Waals surface area contributed by atoms with Crippen LogP contribution in [0.3, 0.4) is 0 Å². The minimum absolute atomic E-state index is 0.133. The number of furan rings is 1. The highest BCUT2D eigenvalue weighted by atomic mass is 16.3. The Balaban J connectivity index is 2.26. The quantitative estimate of drug-likeness (QED) is 0.811. The van der Waals surface area contributed by atoms with E-state index in [0.29, 0.717) is 16.9 Å². The summed E-state index contributed by atoms with van der Waals surface area (Å²) in [5, 5.41) is 8.72. The fourth-order valence-corrected chi connectivity index (χ4v) is 1.66. The predicted molar refractivity (Wildman–Crippen MR) is 67.3 cm³/mol. The van der Waals surface area contributed by atoms with Crippen molar-refractivity contribution < 1.29 is 9.21 Å². The first-order valence-corrected chi connectivity index (χ1v) is 5.46. The van der Waals surface area contributed by atoms with Crippen molar-refractivity contribution in [3.8, 4) is 6.07 Å². The lowest BCUT2D eigenvalue weighted by atomic mass is 10.2. The second-order valence-corrected chi connectivity index (χ2v) is 3.91. The maximum absolute atomic E-state index is 12.2. The van der Waals surface area contributed by atoms with E-state index in [4.69, 9.17) is 9.68 Å². The van der Waals surface area contributed by atoms with Crippen molar-refractivity contribution in [2.75, 3.05) is 11.9 Å². The third-order valence-electron chi connectivity index (χ3n) is 2.78. The normalized spacial score (nSPS) is 9.83. The van der Waals surface area contributed by atoms with Crippen LogP contribution in [0.4, 0.5) is 5.69 Å². The van der Waals surface area contributed by atoms with Gasteiger partial charge in [-0.05, 0) is 37.3 Å². The Bertz CT molecular complexity index is 605. The van der Waals surface area contributed by atoms with Crippen LogP contribution in [-0.2, 0) is 0 Å². The summed E-state index contributed by atoms with van der Waals surface area (Å²) in [7, 11) is 1.69. The van der Waals surface area contributed by atoms with Crippen LogP contribution in [0.25, 0.3) is 0 Å². The van der Waals surface area contributed by atoms with E-state index < -0.39 is 0 Å². The minimum Gasteiger partial charge on any atom is -0.469 e. The molecule has 4 nitrogen and oxygen atoms in total. The van der Waals surface area contributed by atoms with Gasteiger partial charge in [0.15, 0.2) is 0 Å². The number of carbonyl (C=O) groups is 1. The molecule has 0 spiro atoms. The highest BCUT2D eigenvalue weighted by Crippen LogP contribution is 2.18. The fourth-order valence-electron chi connectivity index (χ4n) is 1.66. The van der Waals surface area contributed by atoms with Crippen LogP contribution in [0.5, 0.6) is 0 Å². The molecule has 1 aromatic carbocycles. The molecule has 0 N–H and O–H groups in total. The molecule has 0 aliphatic carbocycles. The number of nitriles is 1. The molecule has 0 unspecified atom stereocenters. The van der Waals surface area contributed by atoms with Crippen LogP contribution in [0.1, 0.15) is 21.7 Å². The average molecular weight is 240 g/mol. The van der Waals surface area contributed by atoms with Crippen molar-refractivity contribution in [1.82, 2.24) is 0 Å². The van der Waals surface area contributed by atoms with Gasteiger partial charge in [-0.15, -0.1) is 0 Å². The number of benzene rings is 1. The van der Waals surface area contributed by atoms with Gasteiger partial charge in [-0.1, -0.05) is 0 Å². The SMILES string of the molecule is Cc1occc1C(=O)N(C)c1ccc(C#N)cc1. The number of amides is 1. The molecule has 0 radical (unpaired) electrons. The number of nitrogens with zero attached hydrogens (tertiary/aromatic N) is 2. The molecule has 0 bridgehead atoms. The lowest BCUT2D eigenvalue weighted by Gasteiger charge is -2.16. The van der Waals surface area contributed by atoms with Crippen molar-refractivity contribution in [2.45, 2.75) is 6.92 Å². The van der Waals surface area contributed by atoms with E-state index in [1.807, 2.05) is 6.07 Å². The number of anilines is 1. The summed E-state index contributed by atoms with van der Waals surface area (Å²) in [6.07, 6.45) is 1.50. The molecular weight excluding hydrogens is 228 g/mol. The number of hydrogen-bond acceptors (Lipinski definition) is 3. The van der Waals surface area contributed by atoms with Gasteiger partial charge in [0.1, 0.15) is 5.76 Å². The van der Waals surface area contributed by atoms with Crippen LogP contribution < -0.4 is 4.90 Å². The highest BCUT2D eigenvalue weighted by molar-refractivity contribution is 6.06. The third-order valence-corrected chi connectivity index (χ3v) is 2.78. The maximum Gasteiger partial charge on any atom is 0.261 e. The summed E-state index contributed by atoms with van der Waals surface area (Å²) >= 11 is 0. The van der Waals surface area contributed by atoms with Crippen LogP contribution in [0.15, 0.2) is 41.0 Å². The molecule has 1 aromatic heterocycles. The van der Waals surface area contributed by atoms with E-state index in [0.717, 1.165) is 5.69 Å². The standard InChI is InChI=1S/C14H12N2O2/c1-10-13(7-8-18-10)14(17)16(2)12-5-3-11(9-15)4-6-12/h3-8H,1-2H3. The average Bonchev–Trinajstić information content (AvgIpc) is 2.83. The molecule has 4 heteroatoms. The first-order chi connectivity index (χ1) is 8.63. The van der Waals surface area contributed by atoms with E-state index in [1.54, 1.807) is 44.3 Å². The summed E-state index contributed by atoms with van der Waals surface area (Å²) in [6.45, 7) is 1.75. The molecule has 2 aromatic rings. The second kappa shape index (κ2) is 4.76. The van der Waals surface area contributed by atoms with E-state index in [9.17, 15) is 4.79 Å². The van der Waals surface area contributed by atoms with Crippen molar-refractivity contribution in [3.05, 3.63) is 53.5 Å². The van der Waals surface area contributed by atoms with Gasteiger partial charge < -0.3 is 9.32 Å². The van der Waals surface area contributed by atoms with Crippen LogP contribution in [0, 0.1) is 18.3 Å². The topological polar surface area (TPSA) is 57.2 Å². The Morgan fingerprint density at radius 3 is 2.44 bits per heavy atom. The molecule has 18 heavy (non-hydrogen) atoms. The Kier molecular flexibility index (Phi) is 3.16. The van der Waals surface area contributed by atoms with Crippen LogP contribution >= 0.6 is 0 Å². The number of carbonyl (C=O) groups excluding carboxylic acids is 1. The fraction of sp³-hybridized carbons (Fsp3) is 0.143. The zero-order valence-electron chi connectivity index (χ0n) is 10.2. The van der Waals surface area contributed by atoms with E-state index in [2.05, 4.69) is 0 Å². The Morgan fingerprint density at radius 1 is 1.28 bits per heavy atom. The molecular formula is C14H12N2O2. The molecule has 0 aliphatic heterocycles. The summed E-state index contributed by atoms with van der Waals surface area (Å²) < 4.78 is 5.12. The Hall–Kier alpha value is -2.54. The van der Waals surface area contributed by atoms with E-state index >= 15 is 0 Å². The summed E-state index contributed by atoms with van der Waals surface area (Å²) in [4.78, 5) is 13.7. The van der Waals surface area contributed by atoms with Gasteiger partial charge in [0, 0.05) is 12.7 Å². The third kappa shape index (κ3) is 2.11. The molecule has 0 aliphatic rings. The number of aryl methyl sites for hydroxylation is 1. The van der Waals surface area contributed by atoms with Gasteiger partial charge in [0.25, 0.3) is 5.91 Å². The largest absolute Gasteiger partial charge is 0.469 e. The first kappa shape index (κ1) is 11.9. The predicted octanol–water partition coefficient (Wildman–Crippen LogP) is 2.74. The number of hydrogen-bond donors (Lipinski definition) is 0. The zero-order valence-corrected chi connectivity index (χ0v) is 10.2. The monoisotopic (exact) mass is 240 g/mol. The van der Waals surface area contributed by atoms with E-state index in [1.165, 1.54) is 11.2 Å². The van der Waals surface area contributed by atoms with Crippen molar-refractivity contribution in [1.29, 1.82) is 5.26 Å². The Morgan fingerprint density at radius 2 is 1.94 bits per heavy atom. The molecule has 2 rings (SSSR count). The molecule has 0 saturated carbocycles. The molecule has 1 amide bonds. The summed E-state index contributed by atoms with van der Waals surface area (Å²) in [6, 6.07) is 10.5. The Labute approximate surface area is 105 Å². The molecule has 1 heterocycles. The molecule has 90 valence electrons.